The summed E-state index contributed by atoms with van der Waals surface area (Å²) in [6, 6.07) is 10.7. The van der Waals surface area contributed by atoms with E-state index in [1.165, 1.54) is 6.20 Å². The van der Waals surface area contributed by atoms with Crippen LogP contribution in [-0.2, 0) is 16.2 Å². The number of rotatable bonds is 6. The van der Waals surface area contributed by atoms with E-state index in [2.05, 4.69) is 4.98 Å². The maximum atomic E-state index is 12.2. The van der Waals surface area contributed by atoms with Gasteiger partial charge in [-0.1, -0.05) is 0 Å². The number of aromatic nitrogens is 2. The number of pyridine rings is 1. The summed E-state index contributed by atoms with van der Waals surface area (Å²) in [5.74, 6) is 0.637. The molecule has 3 aromatic rings. The Labute approximate surface area is 144 Å². The van der Waals surface area contributed by atoms with E-state index in [1.807, 2.05) is 18.2 Å². The van der Waals surface area contributed by atoms with Crippen molar-refractivity contribution in [1.82, 2.24) is 9.55 Å². The van der Waals surface area contributed by atoms with Gasteiger partial charge in [0.1, 0.15) is 18.2 Å². The molecule has 0 aliphatic rings. The number of nitrogens with two attached hydrogens (primary N) is 1. The van der Waals surface area contributed by atoms with Crippen molar-refractivity contribution in [3.63, 3.8) is 0 Å². The SMILES string of the molecule is CCOC(=O)c1cc2ccc(Oc3ccc(N)cn3)cc2n1COC. The highest BCUT2D eigenvalue weighted by molar-refractivity contribution is 5.96. The number of methoxy groups -OCH3 is 1. The van der Waals surface area contributed by atoms with Gasteiger partial charge in [0.2, 0.25) is 5.88 Å². The molecule has 2 heterocycles. The average Bonchev–Trinajstić information content (AvgIpc) is 2.96. The Hall–Kier alpha value is -3.06. The standard InChI is InChI=1S/C18H19N3O4/c1-3-24-18(22)16-8-12-4-6-14(9-15(12)21(16)11-23-2)25-17-7-5-13(19)10-20-17/h4-10H,3,11,19H2,1-2H3. The molecule has 25 heavy (non-hydrogen) atoms. The number of nitrogen functional groups attached to an aromatic ring is 1. The molecule has 2 N–H and O–H groups in total. The van der Waals surface area contributed by atoms with Crippen LogP contribution < -0.4 is 10.5 Å². The summed E-state index contributed by atoms with van der Waals surface area (Å²) in [6.45, 7) is 2.30. The Bertz CT molecular complexity index is 887. The summed E-state index contributed by atoms with van der Waals surface area (Å²) in [5, 5.41) is 0.887. The Kier molecular flexibility index (Phi) is 4.85. The molecular weight excluding hydrogens is 322 g/mol. The van der Waals surface area contributed by atoms with Gasteiger partial charge in [0.25, 0.3) is 0 Å². The first-order chi connectivity index (χ1) is 12.1. The van der Waals surface area contributed by atoms with Crippen LogP contribution in [0.15, 0.2) is 42.6 Å². The molecule has 0 atom stereocenters. The van der Waals surface area contributed by atoms with E-state index in [0.29, 0.717) is 29.6 Å². The lowest BCUT2D eigenvalue weighted by Crippen LogP contribution is -2.13. The molecule has 0 spiro atoms. The van der Waals surface area contributed by atoms with Gasteiger partial charge >= 0.3 is 5.97 Å². The van der Waals surface area contributed by atoms with E-state index in [-0.39, 0.29) is 6.73 Å². The van der Waals surface area contributed by atoms with Crippen molar-refractivity contribution in [2.24, 2.45) is 0 Å². The molecule has 7 nitrogen and oxygen atoms in total. The predicted octanol–water partition coefficient (Wildman–Crippen LogP) is 3.19. The van der Waals surface area contributed by atoms with E-state index >= 15 is 0 Å². The topological polar surface area (TPSA) is 88.6 Å². The highest BCUT2D eigenvalue weighted by atomic mass is 16.5. The number of nitrogens with zero attached hydrogens (tertiary/aromatic N) is 2. The average molecular weight is 341 g/mol. The minimum absolute atomic E-state index is 0.223. The summed E-state index contributed by atoms with van der Waals surface area (Å²) in [4.78, 5) is 16.3. The first kappa shape index (κ1) is 16.8. The maximum Gasteiger partial charge on any atom is 0.355 e. The normalized spacial score (nSPS) is 10.8. The molecular formula is C18H19N3O4. The van der Waals surface area contributed by atoms with Crippen LogP contribution in [0.5, 0.6) is 11.6 Å². The summed E-state index contributed by atoms with van der Waals surface area (Å²) < 4.78 is 17.8. The van der Waals surface area contributed by atoms with E-state index < -0.39 is 5.97 Å². The van der Waals surface area contributed by atoms with Crippen LogP contribution >= 0.6 is 0 Å². The van der Waals surface area contributed by atoms with Gasteiger partial charge in [-0.15, -0.1) is 0 Å². The minimum Gasteiger partial charge on any atom is -0.461 e. The number of hydrogen-bond donors (Lipinski definition) is 1. The van der Waals surface area contributed by atoms with Gasteiger partial charge in [-0.2, -0.15) is 0 Å². The third-order valence-corrected chi connectivity index (χ3v) is 3.60. The third kappa shape index (κ3) is 3.56. The number of ether oxygens (including phenoxy) is 3. The third-order valence-electron chi connectivity index (χ3n) is 3.60. The molecule has 0 saturated carbocycles. The van der Waals surface area contributed by atoms with Crippen molar-refractivity contribution in [2.45, 2.75) is 13.7 Å². The fourth-order valence-corrected chi connectivity index (χ4v) is 2.51. The number of carbonyl (C=O) groups excluding carboxylic acids is 1. The summed E-state index contributed by atoms with van der Waals surface area (Å²) in [6.07, 6.45) is 1.53. The minimum atomic E-state index is -0.390. The summed E-state index contributed by atoms with van der Waals surface area (Å²) in [5.41, 5.74) is 7.43. The molecule has 2 aromatic heterocycles. The monoisotopic (exact) mass is 341 g/mol. The molecule has 0 radical (unpaired) electrons. The quantitative estimate of drug-likeness (QED) is 0.693. The number of fused-ring (bicyclic) bond motifs is 1. The fraction of sp³-hybridized carbons (Fsp3) is 0.222. The summed E-state index contributed by atoms with van der Waals surface area (Å²) >= 11 is 0. The molecule has 130 valence electrons. The predicted molar refractivity (Wildman–Crippen MR) is 93.6 cm³/mol. The number of carbonyl (C=O) groups is 1. The second kappa shape index (κ2) is 7.23. The zero-order valence-electron chi connectivity index (χ0n) is 14.1. The largest absolute Gasteiger partial charge is 0.461 e. The molecule has 0 aliphatic heterocycles. The first-order valence-corrected chi connectivity index (χ1v) is 7.81. The van der Waals surface area contributed by atoms with Crippen LogP contribution in [0.2, 0.25) is 0 Å². The Morgan fingerprint density at radius 2 is 2.08 bits per heavy atom. The number of benzene rings is 1. The van der Waals surface area contributed by atoms with Crippen LogP contribution in [0.3, 0.4) is 0 Å². The lowest BCUT2D eigenvalue weighted by Gasteiger charge is -2.10. The second-order valence-electron chi connectivity index (χ2n) is 5.35. The number of hydrogen-bond acceptors (Lipinski definition) is 6. The molecule has 0 aliphatic carbocycles. The first-order valence-electron chi connectivity index (χ1n) is 7.81. The lowest BCUT2D eigenvalue weighted by atomic mass is 10.2. The molecule has 0 bridgehead atoms. The lowest BCUT2D eigenvalue weighted by molar-refractivity contribution is 0.0496. The van der Waals surface area contributed by atoms with Crippen LogP contribution in [0.25, 0.3) is 10.9 Å². The van der Waals surface area contributed by atoms with Crippen molar-refractivity contribution in [3.8, 4) is 11.6 Å². The van der Waals surface area contributed by atoms with Gasteiger partial charge in [-0.25, -0.2) is 9.78 Å². The van der Waals surface area contributed by atoms with Crippen molar-refractivity contribution < 1.29 is 19.0 Å². The number of esters is 1. The highest BCUT2D eigenvalue weighted by Gasteiger charge is 2.17. The summed E-state index contributed by atoms with van der Waals surface area (Å²) in [7, 11) is 1.57. The Morgan fingerprint density at radius 3 is 2.76 bits per heavy atom. The van der Waals surface area contributed by atoms with E-state index in [0.717, 1.165) is 10.9 Å². The molecule has 0 fully saturated rings. The van der Waals surface area contributed by atoms with E-state index in [9.17, 15) is 4.79 Å². The molecule has 3 rings (SSSR count). The van der Waals surface area contributed by atoms with Crippen LogP contribution in [0.1, 0.15) is 17.4 Å². The highest BCUT2D eigenvalue weighted by Crippen LogP contribution is 2.28. The fourth-order valence-electron chi connectivity index (χ4n) is 2.51. The molecule has 0 saturated heterocycles. The van der Waals surface area contributed by atoms with Crippen molar-refractivity contribution in [1.29, 1.82) is 0 Å². The van der Waals surface area contributed by atoms with Crippen LogP contribution in [-0.4, -0.2) is 29.2 Å². The van der Waals surface area contributed by atoms with Gasteiger partial charge in [-0.3, -0.25) is 0 Å². The van der Waals surface area contributed by atoms with Gasteiger partial charge in [0.15, 0.2) is 0 Å². The van der Waals surface area contributed by atoms with Gasteiger partial charge in [0, 0.05) is 24.6 Å². The second-order valence-corrected chi connectivity index (χ2v) is 5.35. The van der Waals surface area contributed by atoms with Crippen molar-refractivity contribution in [2.75, 3.05) is 19.5 Å². The molecule has 0 unspecified atom stereocenters. The van der Waals surface area contributed by atoms with Gasteiger partial charge in [-0.05, 0) is 31.2 Å². The molecule has 7 heteroatoms. The van der Waals surface area contributed by atoms with Crippen molar-refractivity contribution in [3.05, 3.63) is 48.3 Å². The Balaban J connectivity index is 1.98. The van der Waals surface area contributed by atoms with Crippen molar-refractivity contribution >= 4 is 22.6 Å². The van der Waals surface area contributed by atoms with E-state index in [4.69, 9.17) is 19.9 Å². The maximum absolute atomic E-state index is 12.2. The van der Waals surface area contributed by atoms with E-state index in [1.54, 1.807) is 36.8 Å². The molecule has 0 amide bonds. The van der Waals surface area contributed by atoms with Crippen LogP contribution in [0, 0.1) is 0 Å². The Morgan fingerprint density at radius 1 is 1.24 bits per heavy atom. The zero-order valence-corrected chi connectivity index (χ0v) is 14.1. The smallest absolute Gasteiger partial charge is 0.355 e. The van der Waals surface area contributed by atoms with Gasteiger partial charge in [0.05, 0.1) is 24.0 Å². The zero-order chi connectivity index (χ0) is 17.8. The van der Waals surface area contributed by atoms with Crippen LogP contribution in [0.4, 0.5) is 5.69 Å². The number of anilines is 1. The van der Waals surface area contributed by atoms with Gasteiger partial charge < -0.3 is 24.5 Å². The molecule has 1 aromatic carbocycles.